The first-order chi connectivity index (χ1) is 13.6. The minimum atomic E-state index is -0.0107. The van der Waals surface area contributed by atoms with Crippen LogP contribution in [0.25, 0.3) is 22.6 Å². The molecule has 6 heteroatoms. The number of phenolic OH excluding ortho intramolecular Hbond substituents is 1. The number of aliphatic imine (C=N–C) groups is 1. The summed E-state index contributed by atoms with van der Waals surface area (Å²) in [7, 11) is 1.47. The molecule has 1 N–H and O–H groups in total. The third-order valence-corrected chi connectivity index (χ3v) is 4.68. The summed E-state index contributed by atoms with van der Waals surface area (Å²) in [6, 6.07) is 16.5. The second kappa shape index (κ2) is 7.37. The maximum atomic E-state index is 10.3. The van der Waals surface area contributed by atoms with Crippen molar-refractivity contribution in [1.82, 2.24) is 4.98 Å². The first-order valence-electron chi connectivity index (χ1n) is 8.63. The number of hydrogen-bond donors (Lipinski definition) is 1. The van der Waals surface area contributed by atoms with Gasteiger partial charge in [0, 0.05) is 28.4 Å². The van der Waals surface area contributed by atoms with Gasteiger partial charge >= 0.3 is 0 Å². The number of nitrogens with zero attached hydrogens (tertiary/aromatic N) is 2. The molecule has 3 aromatic carbocycles. The average molecular weight is 393 g/mol. The van der Waals surface area contributed by atoms with Gasteiger partial charge in [-0.2, -0.15) is 0 Å². The van der Waals surface area contributed by atoms with Gasteiger partial charge in [0.05, 0.1) is 12.8 Å². The van der Waals surface area contributed by atoms with E-state index in [1.807, 2.05) is 49.4 Å². The van der Waals surface area contributed by atoms with Gasteiger partial charge in [-0.1, -0.05) is 29.8 Å². The lowest BCUT2D eigenvalue weighted by molar-refractivity contribution is 0.373. The maximum Gasteiger partial charge on any atom is 0.227 e. The molecule has 0 atom stereocenters. The van der Waals surface area contributed by atoms with Gasteiger partial charge < -0.3 is 14.3 Å². The van der Waals surface area contributed by atoms with E-state index in [-0.39, 0.29) is 5.75 Å². The lowest BCUT2D eigenvalue weighted by Crippen LogP contribution is -1.90. The Morgan fingerprint density at radius 3 is 2.75 bits per heavy atom. The highest BCUT2D eigenvalue weighted by Gasteiger charge is 2.13. The van der Waals surface area contributed by atoms with E-state index in [2.05, 4.69) is 9.98 Å². The van der Waals surface area contributed by atoms with E-state index in [0.29, 0.717) is 22.2 Å². The number of phenols is 1. The van der Waals surface area contributed by atoms with Crippen LogP contribution >= 0.6 is 11.6 Å². The summed E-state index contributed by atoms with van der Waals surface area (Å²) in [4.78, 5) is 9.08. The first-order valence-corrected chi connectivity index (χ1v) is 9.00. The van der Waals surface area contributed by atoms with Gasteiger partial charge in [-0.3, -0.25) is 4.99 Å². The van der Waals surface area contributed by atoms with Crippen LogP contribution in [-0.4, -0.2) is 23.4 Å². The number of oxazole rings is 1. The lowest BCUT2D eigenvalue weighted by atomic mass is 10.1. The molecule has 0 amide bonds. The molecular formula is C22H17ClN2O3. The molecule has 0 saturated heterocycles. The fraction of sp³-hybridized carbons (Fsp3) is 0.0909. The highest BCUT2D eigenvalue weighted by molar-refractivity contribution is 6.31. The number of benzene rings is 3. The molecule has 5 nitrogen and oxygen atoms in total. The van der Waals surface area contributed by atoms with Crippen molar-refractivity contribution in [3.63, 3.8) is 0 Å². The zero-order valence-corrected chi connectivity index (χ0v) is 16.1. The molecule has 0 aliphatic rings. The number of rotatable bonds is 4. The molecule has 0 aliphatic heterocycles. The first kappa shape index (κ1) is 18.1. The van der Waals surface area contributed by atoms with E-state index in [1.165, 1.54) is 7.11 Å². The predicted octanol–water partition coefficient (Wildman–Crippen LogP) is 5.92. The van der Waals surface area contributed by atoms with Crippen molar-refractivity contribution in [2.75, 3.05) is 7.11 Å². The molecule has 4 aromatic rings. The van der Waals surface area contributed by atoms with Crippen LogP contribution in [0.3, 0.4) is 0 Å². The average Bonchev–Trinajstić information content (AvgIpc) is 3.13. The van der Waals surface area contributed by atoms with E-state index in [4.69, 9.17) is 20.8 Å². The number of aromatic nitrogens is 1. The largest absolute Gasteiger partial charge is 0.504 e. The van der Waals surface area contributed by atoms with Crippen molar-refractivity contribution in [2.24, 2.45) is 4.99 Å². The molecule has 1 aromatic heterocycles. The Labute approximate surface area is 166 Å². The van der Waals surface area contributed by atoms with Crippen molar-refractivity contribution < 1.29 is 14.3 Å². The van der Waals surface area contributed by atoms with Crippen molar-refractivity contribution in [1.29, 1.82) is 0 Å². The smallest absolute Gasteiger partial charge is 0.227 e. The van der Waals surface area contributed by atoms with Gasteiger partial charge in [0.15, 0.2) is 17.1 Å². The second-order valence-corrected chi connectivity index (χ2v) is 6.68. The van der Waals surface area contributed by atoms with Crippen molar-refractivity contribution in [3.8, 4) is 23.0 Å². The summed E-state index contributed by atoms with van der Waals surface area (Å²) in [5, 5.41) is 10.7. The molecule has 0 fully saturated rings. The Hall–Kier alpha value is -3.31. The Morgan fingerprint density at radius 2 is 1.96 bits per heavy atom. The number of para-hydroxylation sites is 2. The molecule has 0 radical (unpaired) electrons. The normalized spacial score (nSPS) is 11.4. The van der Waals surface area contributed by atoms with E-state index in [0.717, 1.165) is 27.9 Å². The predicted molar refractivity (Wildman–Crippen MR) is 111 cm³/mol. The van der Waals surface area contributed by atoms with Crippen molar-refractivity contribution in [3.05, 3.63) is 70.7 Å². The molecule has 0 bridgehead atoms. The SMILES string of the molecule is COc1cc(Cl)cc(C=Nc2cccc(-c3nc4ccccc4o3)c2C)c1O. The van der Waals surface area contributed by atoms with Gasteiger partial charge in [-0.05, 0) is 42.8 Å². The Morgan fingerprint density at radius 1 is 1.14 bits per heavy atom. The van der Waals surface area contributed by atoms with Crippen LogP contribution < -0.4 is 4.74 Å². The fourth-order valence-electron chi connectivity index (χ4n) is 2.97. The Bertz CT molecular complexity index is 1160. The van der Waals surface area contributed by atoms with Gasteiger partial charge in [0.1, 0.15) is 5.52 Å². The van der Waals surface area contributed by atoms with Gasteiger partial charge in [0.2, 0.25) is 5.89 Å². The zero-order chi connectivity index (χ0) is 19.7. The van der Waals surface area contributed by atoms with Crippen LogP contribution in [0.2, 0.25) is 5.02 Å². The summed E-state index contributed by atoms with van der Waals surface area (Å²) >= 11 is 6.08. The van der Waals surface area contributed by atoms with Crippen LogP contribution in [0.1, 0.15) is 11.1 Å². The van der Waals surface area contributed by atoms with Crippen LogP contribution in [-0.2, 0) is 0 Å². The number of hydrogen-bond acceptors (Lipinski definition) is 5. The standard InChI is InChI=1S/C22H17ClN2O3/c1-13-16(22-25-18-7-3-4-9-19(18)28-22)6-5-8-17(13)24-12-14-10-15(23)11-20(27-2)21(14)26/h3-12,26H,1-2H3. The molecule has 0 spiro atoms. The maximum absolute atomic E-state index is 10.3. The van der Waals surface area contributed by atoms with Crippen LogP contribution in [0.4, 0.5) is 5.69 Å². The molecule has 140 valence electrons. The topological polar surface area (TPSA) is 67.9 Å². The third-order valence-electron chi connectivity index (χ3n) is 4.46. The number of fused-ring (bicyclic) bond motifs is 1. The molecular weight excluding hydrogens is 376 g/mol. The molecule has 0 unspecified atom stereocenters. The summed E-state index contributed by atoms with van der Waals surface area (Å²) in [6.45, 7) is 1.95. The Kier molecular flexibility index (Phi) is 4.75. The summed E-state index contributed by atoms with van der Waals surface area (Å²) < 4.78 is 11.0. The minimum Gasteiger partial charge on any atom is -0.504 e. The van der Waals surface area contributed by atoms with Crippen LogP contribution in [0, 0.1) is 6.92 Å². The van der Waals surface area contributed by atoms with Crippen molar-refractivity contribution >= 4 is 34.6 Å². The highest BCUT2D eigenvalue weighted by atomic mass is 35.5. The molecule has 1 heterocycles. The zero-order valence-electron chi connectivity index (χ0n) is 15.3. The highest BCUT2D eigenvalue weighted by Crippen LogP contribution is 2.34. The number of aromatic hydroxyl groups is 1. The van der Waals surface area contributed by atoms with Crippen LogP contribution in [0.15, 0.2) is 64.0 Å². The van der Waals surface area contributed by atoms with E-state index >= 15 is 0 Å². The van der Waals surface area contributed by atoms with E-state index < -0.39 is 0 Å². The second-order valence-electron chi connectivity index (χ2n) is 6.24. The Balaban J connectivity index is 1.73. The molecule has 28 heavy (non-hydrogen) atoms. The third kappa shape index (κ3) is 3.32. The van der Waals surface area contributed by atoms with Crippen molar-refractivity contribution in [2.45, 2.75) is 6.92 Å². The van der Waals surface area contributed by atoms with Gasteiger partial charge in [-0.15, -0.1) is 0 Å². The molecule has 0 saturated carbocycles. The van der Waals surface area contributed by atoms with Gasteiger partial charge in [-0.25, -0.2) is 4.98 Å². The summed E-state index contributed by atoms with van der Waals surface area (Å²) in [6.07, 6.45) is 1.56. The van der Waals surface area contributed by atoms with Crippen LogP contribution in [0.5, 0.6) is 11.5 Å². The van der Waals surface area contributed by atoms with E-state index in [9.17, 15) is 5.11 Å². The number of ether oxygens (including phenoxy) is 1. The number of halogens is 1. The molecule has 4 rings (SSSR count). The number of methoxy groups -OCH3 is 1. The lowest BCUT2D eigenvalue weighted by Gasteiger charge is -2.08. The molecule has 0 aliphatic carbocycles. The quantitative estimate of drug-likeness (QED) is 0.437. The summed E-state index contributed by atoms with van der Waals surface area (Å²) in [5.41, 5.74) is 4.52. The van der Waals surface area contributed by atoms with Gasteiger partial charge in [0.25, 0.3) is 0 Å². The monoisotopic (exact) mass is 392 g/mol. The minimum absolute atomic E-state index is 0.0107. The van der Waals surface area contributed by atoms with E-state index in [1.54, 1.807) is 18.3 Å². The summed E-state index contributed by atoms with van der Waals surface area (Å²) in [5.74, 6) is 0.831. The fourth-order valence-corrected chi connectivity index (χ4v) is 3.19.